The van der Waals surface area contributed by atoms with Gasteiger partial charge in [-0.3, -0.25) is 4.79 Å². The number of anilines is 1. The van der Waals surface area contributed by atoms with Crippen molar-refractivity contribution in [1.29, 1.82) is 0 Å². The number of rotatable bonds is 7. The fourth-order valence-electron chi connectivity index (χ4n) is 1.79. The number of ether oxygens (including phenoxy) is 1. The molecule has 2 heterocycles. The molecule has 0 saturated heterocycles. The van der Waals surface area contributed by atoms with Gasteiger partial charge in [0.05, 0.1) is 6.61 Å². The number of carbonyl (C=O) groups is 1. The summed E-state index contributed by atoms with van der Waals surface area (Å²) < 4.78 is 7.14. The number of esters is 1. The molecular weight excluding hydrogens is 362 g/mol. The number of aryl methyl sites for hydroxylation is 1. The van der Waals surface area contributed by atoms with Gasteiger partial charge in [-0.25, -0.2) is 14.5 Å². The van der Waals surface area contributed by atoms with Crippen LogP contribution < -0.4 is 26.4 Å². The van der Waals surface area contributed by atoms with Crippen LogP contribution in [0.2, 0.25) is 0 Å². The highest BCUT2D eigenvalue weighted by atomic mass is 79.9. The Morgan fingerprint density at radius 3 is 2.65 bits per heavy atom. The van der Waals surface area contributed by atoms with Crippen LogP contribution in [0.5, 0.6) is 0 Å². The van der Waals surface area contributed by atoms with Crippen molar-refractivity contribution in [3.8, 4) is 0 Å². The molecule has 0 spiro atoms. The Morgan fingerprint density at radius 1 is 1.22 bits per heavy atom. The van der Waals surface area contributed by atoms with Gasteiger partial charge >= 0.3 is 5.97 Å². The highest BCUT2D eigenvalue weighted by molar-refractivity contribution is 5.69. The molecule has 0 fully saturated rings. The maximum absolute atomic E-state index is 11.7. The zero-order chi connectivity index (χ0) is 15.8. The zero-order valence-electron chi connectivity index (χ0n) is 13.2. The lowest BCUT2D eigenvalue weighted by Gasteiger charge is -2.10. The van der Waals surface area contributed by atoms with E-state index in [4.69, 9.17) is 4.74 Å². The average Bonchev–Trinajstić information content (AvgIpc) is 2.54. The molecular formula is C15H20BrN5O2. The maximum Gasteiger partial charge on any atom is 0.312 e. The molecule has 0 radical (unpaired) electrons. The number of carbonyl (C=O) groups excluding carboxylic acids is 1. The Morgan fingerprint density at radius 2 is 1.96 bits per heavy atom. The van der Waals surface area contributed by atoms with Crippen molar-refractivity contribution < 1.29 is 31.1 Å². The second-order valence-corrected chi connectivity index (χ2v) is 4.93. The summed E-state index contributed by atoms with van der Waals surface area (Å²) >= 11 is 0. The Labute approximate surface area is 146 Å². The van der Waals surface area contributed by atoms with Gasteiger partial charge in [-0.15, -0.1) is 0 Å². The standard InChI is InChI=1S/C15H20N5O2.BrH/c1-19(2)15-17-12-16-13(18-15)7-11-22-14(21)6-10-20-8-4-3-5-9-20;/h3-5,8-9,12H,6-7,10-11H2,1-2H3;1H/q+1;/p-1. The SMILES string of the molecule is CN(C)c1ncnc(CCOC(=O)CC[n+]2ccccc2)n1.[Br-]. The first-order valence-electron chi connectivity index (χ1n) is 7.10. The minimum atomic E-state index is -0.224. The number of nitrogens with zero attached hydrogens (tertiary/aromatic N) is 5. The molecule has 7 nitrogen and oxygen atoms in total. The Bertz CT molecular complexity index is 610. The van der Waals surface area contributed by atoms with Crippen molar-refractivity contribution >= 4 is 11.9 Å². The van der Waals surface area contributed by atoms with Gasteiger partial charge in [0, 0.05) is 32.6 Å². The van der Waals surface area contributed by atoms with Crippen LogP contribution in [0, 0.1) is 0 Å². The van der Waals surface area contributed by atoms with Gasteiger partial charge in [0.25, 0.3) is 0 Å². The van der Waals surface area contributed by atoms with Gasteiger partial charge in [-0.05, 0) is 0 Å². The van der Waals surface area contributed by atoms with Crippen molar-refractivity contribution in [2.45, 2.75) is 19.4 Å². The molecule has 0 atom stereocenters. The normalized spacial score (nSPS) is 9.83. The molecule has 124 valence electrons. The van der Waals surface area contributed by atoms with Crippen molar-refractivity contribution in [3.63, 3.8) is 0 Å². The maximum atomic E-state index is 11.7. The first kappa shape index (κ1) is 19.0. The van der Waals surface area contributed by atoms with Crippen LogP contribution in [-0.2, 0) is 22.5 Å². The van der Waals surface area contributed by atoms with Crippen molar-refractivity contribution in [2.24, 2.45) is 0 Å². The average molecular weight is 382 g/mol. The summed E-state index contributed by atoms with van der Waals surface area (Å²) in [5.74, 6) is 0.985. The number of hydrogen-bond donors (Lipinski definition) is 0. The van der Waals surface area contributed by atoms with E-state index in [0.29, 0.717) is 31.2 Å². The van der Waals surface area contributed by atoms with E-state index >= 15 is 0 Å². The van der Waals surface area contributed by atoms with Crippen LogP contribution in [0.1, 0.15) is 12.2 Å². The summed E-state index contributed by atoms with van der Waals surface area (Å²) in [7, 11) is 3.72. The minimum absolute atomic E-state index is 0. The molecule has 2 aromatic heterocycles. The van der Waals surface area contributed by atoms with Crippen LogP contribution in [-0.4, -0.2) is 41.6 Å². The molecule has 8 heteroatoms. The summed E-state index contributed by atoms with van der Waals surface area (Å²) in [6.45, 7) is 0.880. The molecule has 2 rings (SSSR count). The summed E-state index contributed by atoms with van der Waals surface area (Å²) in [5, 5.41) is 0. The third kappa shape index (κ3) is 6.68. The molecule has 0 aliphatic carbocycles. The monoisotopic (exact) mass is 381 g/mol. The summed E-state index contributed by atoms with van der Waals surface area (Å²) in [6.07, 6.45) is 6.12. The van der Waals surface area contributed by atoms with Gasteiger partial charge in [-0.1, -0.05) is 6.07 Å². The molecule has 2 aromatic rings. The topological polar surface area (TPSA) is 72.1 Å². The minimum Gasteiger partial charge on any atom is -1.00 e. The molecule has 0 aliphatic rings. The first-order chi connectivity index (χ1) is 10.6. The number of pyridine rings is 1. The predicted molar refractivity (Wildman–Crippen MR) is 80.1 cm³/mol. The Hall–Kier alpha value is -2.09. The van der Waals surface area contributed by atoms with Crippen LogP contribution in [0.25, 0.3) is 0 Å². The fraction of sp³-hybridized carbons (Fsp3) is 0.400. The van der Waals surface area contributed by atoms with Gasteiger partial charge in [-0.2, -0.15) is 4.98 Å². The fourth-order valence-corrected chi connectivity index (χ4v) is 1.79. The Kier molecular flexibility index (Phi) is 8.10. The molecule has 0 amide bonds. The number of hydrogen-bond acceptors (Lipinski definition) is 6. The van der Waals surface area contributed by atoms with Crippen LogP contribution in [0.4, 0.5) is 5.95 Å². The lowest BCUT2D eigenvalue weighted by molar-refractivity contribution is -0.696. The second-order valence-electron chi connectivity index (χ2n) is 4.93. The molecule has 0 saturated carbocycles. The van der Waals surface area contributed by atoms with E-state index in [1.165, 1.54) is 6.33 Å². The number of halogens is 1. The highest BCUT2D eigenvalue weighted by Gasteiger charge is 2.08. The first-order valence-corrected chi connectivity index (χ1v) is 7.10. The van der Waals surface area contributed by atoms with Gasteiger partial charge < -0.3 is 26.6 Å². The van der Waals surface area contributed by atoms with Crippen molar-refractivity contribution in [2.75, 3.05) is 25.6 Å². The lowest BCUT2D eigenvalue weighted by atomic mass is 10.4. The Balaban J connectivity index is 0.00000264. The summed E-state index contributed by atoms with van der Waals surface area (Å²) in [6, 6.07) is 5.79. The molecule has 0 aliphatic heterocycles. The zero-order valence-corrected chi connectivity index (χ0v) is 14.8. The second kappa shape index (κ2) is 9.83. The van der Waals surface area contributed by atoms with E-state index in [9.17, 15) is 4.79 Å². The van der Waals surface area contributed by atoms with E-state index in [-0.39, 0.29) is 29.6 Å². The van der Waals surface area contributed by atoms with E-state index in [1.807, 2.05) is 49.3 Å². The highest BCUT2D eigenvalue weighted by Crippen LogP contribution is 2.01. The van der Waals surface area contributed by atoms with Crippen LogP contribution in [0.3, 0.4) is 0 Å². The van der Waals surface area contributed by atoms with Gasteiger partial charge in [0.15, 0.2) is 18.9 Å². The smallest absolute Gasteiger partial charge is 0.312 e. The number of aromatic nitrogens is 4. The summed E-state index contributed by atoms with van der Waals surface area (Å²) in [4.78, 5) is 25.9. The van der Waals surface area contributed by atoms with E-state index in [1.54, 1.807) is 4.90 Å². The van der Waals surface area contributed by atoms with Gasteiger partial charge in [0.1, 0.15) is 18.6 Å². The molecule has 0 bridgehead atoms. The third-order valence-electron chi connectivity index (χ3n) is 2.95. The van der Waals surface area contributed by atoms with E-state index < -0.39 is 0 Å². The van der Waals surface area contributed by atoms with Crippen molar-refractivity contribution in [3.05, 3.63) is 42.7 Å². The predicted octanol–water partition coefficient (Wildman–Crippen LogP) is -2.59. The quantitative estimate of drug-likeness (QED) is 0.387. The summed E-state index contributed by atoms with van der Waals surface area (Å²) in [5.41, 5.74) is 0. The van der Waals surface area contributed by atoms with Crippen molar-refractivity contribution in [1.82, 2.24) is 15.0 Å². The molecule has 0 N–H and O–H groups in total. The van der Waals surface area contributed by atoms with Crippen LogP contribution in [0.15, 0.2) is 36.9 Å². The van der Waals surface area contributed by atoms with Crippen LogP contribution >= 0.6 is 0 Å². The van der Waals surface area contributed by atoms with E-state index in [0.717, 1.165) is 0 Å². The lowest BCUT2D eigenvalue weighted by Crippen LogP contribution is -3.00. The molecule has 0 unspecified atom stereocenters. The largest absolute Gasteiger partial charge is 1.00 e. The molecule has 23 heavy (non-hydrogen) atoms. The van der Waals surface area contributed by atoms with E-state index in [2.05, 4.69) is 15.0 Å². The third-order valence-corrected chi connectivity index (χ3v) is 2.95. The molecule has 0 aromatic carbocycles. The van der Waals surface area contributed by atoms with Gasteiger partial charge in [0.2, 0.25) is 5.95 Å².